The van der Waals surface area contributed by atoms with Crippen LogP contribution in [0.1, 0.15) is 20.3 Å². The van der Waals surface area contributed by atoms with Gasteiger partial charge >= 0.3 is 57.1 Å². The summed E-state index contributed by atoms with van der Waals surface area (Å²) in [6.45, 7) is 1.12. The molecule has 0 radical (unpaired) electrons. The smallest absolute Gasteiger partial charge is 1.00 e. The van der Waals surface area contributed by atoms with Crippen LogP contribution in [-0.4, -0.2) is 35.0 Å². The van der Waals surface area contributed by atoms with Crippen LogP contribution in [0.4, 0.5) is 0 Å². The second-order valence-corrected chi connectivity index (χ2v) is 5.47. The average Bonchev–Trinajstić information content (AvgIpc) is 2.36. The van der Waals surface area contributed by atoms with Gasteiger partial charge in [-0.15, -0.1) is 0 Å². The van der Waals surface area contributed by atoms with Crippen molar-refractivity contribution in [1.82, 2.24) is 0 Å². The normalized spacial score (nSPS) is 10.2. The van der Waals surface area contributed by atoms with Crippen LogP contribution < -0.4 is 51.4 Å². The van der Waals surface area contributed by atoms with Crippen molar-refractivity contribution in [2.75, 3.05) is 0 Å². The molecule has 0 atom stereocenters. The Kier molecular flexibility index (Phi) is 8.60. The molecule has 0 unspecified atom stereocenters. The standard InChI is InChI=1S/C12H12N2O5S.K.H/c1-8(15)12(14-13)11(16)7-4-9-2-5-10(6-3-9)20(17,18)19;;/h2-3,5-6H,4,7H2,1H3,(H,17,18,19);;/q;+1;-1. The summed E-state index contributed by atoms with van der Waals surface area (Å²) in [5.74, 6) is -1.22. The molecule has 108 valence electrons. The number of aryl methyl sites for hydroxylation is 1. The Bertz CT molecular complexity index is 697. The van der Waals surface area contributed by atoms with Crippen LogP contribution >= 0.6 is 0 Å². The number of benzene rings is 1. The van der Waals surface area contributed by atoms with E-state index in [0.717, 1.165) is 6.92 Å². The first-order chi connectivity index (χ1) is 9.25. The molecule has 0 aliphatic rings. The second kappa shape index (κ2) is 8.81. The van der Waals surface area contributed by atoms with Crippen molar-refractivity contribution in [3.63, 3.8) is 0 Å². The number of rotatable bonds is 6. The third-order valence-corrected chi connectivity index (χ3v) is 3.43. The third kappa shape index (κ3) is 6.41. The summed E-state index contributed by atoms with van der Waals surface area (Å²) in [5.41, 5.74) is 8.67. The van der Waals surface area contributed by atoms with Crippen molar-refractivity contribution in [3.05, 3.63) is 35.4 Å². The molecular formula is C12H13KN2O5S. The summed E-state index contributed by atoms with van der Waals surface area (Å²) in [4.78, 5) is 25.0. The largest absolute Gasteiger partial charge is 1.00 e. The monoisotopic (exact) mass is 336 g/mol. The van der Waals surface area contributed by atoms with Crippen LogP contribution in [0.15, 0.2) is 29.2 Å². The summed E-state index contributed by atoms with van der Waals surface area (Å²) < 4.78 is 30.5. The van der Waals surface area contributed by atoms with Gasteiger partial charge in [-0.2, -0.15) is 13.2 Å². The van der Waals surface area contributed by atoms with E-state index < -0.39 is 27.4 Å². The predicted octanol–water partition coefficient (Wildman–Crippen LogP) is -2.19. The number of hydrogen-bond acceptors (Lipinski definition) is 4. The maximum Gasteiger partial charge on any atom is 1.00 e. The molecule has 0 heterocycles. The molecule has 1 N–H and O–H groups in total. The van der Waals surface area contributed by atoms with E-state index in [2.05, 4.69) is 4.79 Å². The molecule has 1 rings (SSSR count). The first kappa shape index (κ1) is 20.5. The Morgan fingerprint density at radius 3 is 2.19 bits per heavy atom. The van der Waals surface area contributed by atoms with E-state index in [4.69, 9.17) is 10.1 Å². The van der Waals surface area contributed by atoms with Gasteiger partial charge in [-0.1, -0.05) is 12.1 Å². The van der Waals surface area contributed by atoms with Crippen LogP contribution in [-0.2, 0) is 26.1 Å². The SMILES string of the molecule is CC(=O)C(=[N+]=[N-])C(=O)CCc1ccc(S(=O)(=O)O)cc1.[H-].[K+]. The number of nitrogens with zero attached hydrogens (tertiary/aromatic N) is 2. The van der Waals surface area contributed by atoms with Gasteiger partial charge in [0.15, 0.2) is 0 Å². The molecule has 0 saturated heterocycles. The molecular weight excluding hydrogens is 323 g/mol. The van der Waals surface area contributed by atoms with E-state index in [1.165, 1.54) is 24.3 Å². The topological polar surface area (TPSA) is 125 Å². The number of carbonyl (C=O) groups excluding carboxylic acids is 2. The average molecular weight is 336 g/mol. The maximum absolute atomic E-state index is 11.6. The molecule has 0 fully saturated rings. The van der Waals surface area contributed by atoms with E-state index in [1.807, 2.05) is 0 Å². The van der Waals surface area contributed by atoms with Crippen molar-refractivity contribution in [2.24, 2.45) is 0 Å². The van der Waals surface area contributed by atoms with Crippen LogP contribution in [0.3, 0.4) is 0 Å². The van der Waals surface area contributed by atoms with Gasteiger partial charge in [0.05, 0.1) is 4.90 Å². The molecule has 0 amide bonds. The molecule has 0 saturated carbocycles. The van der Waals surface area contributed by atoms with E-state index >= 15 is 0 Å². The molecule has 0 aromatic heterocycles. The molecule has 1 aromatic carbocycles. The zero-order chi connectivity index (χ0) is 15.3. The van der Waals surface area contributed by atoms with Gasteiger partial charge in [0.2, 0.25) is 11.6 Å². The van der Waals surface area contributed by atoms with Crippen molar-refractivity contribution >= 4 is 27.4 Å². The second-order valence-electron chi connectivity index (χ2n) is 4.05. The third-order valence-electron chi connectivity index (χ3n) is 2.56. The zero-order valence-corrected chi connectivity index (χ0v) is 15.5. The first-order valence-corrected chi connectivity index (χ1v) is 7.02. The molecule has 0 aliphatic carbocycles. The van der Waals surface area contributed by atoms with Gasteiger partial charge in [0, 0.05) is 13.3 Å². The van der Waals surface area contributed by atoms with Gasteiger partial charge in [-0.3, -0.25) is 14.1 Å². The Morgan fingerprint density at radius 1 is 1.29 bits per heavy atom. The van der Waals surface area contributed by atoms with Crippen molar-refractivity contribution in [3.8, 4) is 0 Å². The minimum absolute atomic E-state index is 0. The van der Waals surface area contributed by atoms with Gasteiger partial charge in [0.1, 0.15) is 0 Å². The summed E-state index contributed by atoms with van der Waals surface area (Å²) in [6, 6.07) is 5.31. The number of hydrogen-bond donors (Lipinski definition) is 1. The van der Waals surface area contributed by atoms with Gasteiger partial charge in [0.25, 0.3) is 10.1 Å². The zero-order valence-electron chi connectivity index (χ0n) is 12.6. The Hall–Kier alpha value is -0.514. The summed E-state index contributed by atoms with van der Waals surface area (Å²) >= 11 is 0. The van der Waals surface area contributed by atoms with Crippen LogP contribution in [0.25, 0.3) is 5.53 Å². The summed E-state index contributed by atoms with van der Waals surface area (Å²) in [6.07, 6.45) is 0.196. The fraction of sp³-hybridized carbons (Fsp3) is 0.250. The minimum Gasteiger partial charge on any atom is -1.00 e. The molecule has 0 bridgehead atoms. The molecule has 21 heavy (non-hydrogen) atoms. The fourth-order valence-corrected chi connectivity index (χ4v) is 2.01. The molecule has 9 heteroatoms. The Morgan fingerprint density at radius 2 is 1.81 bits per heavy atom. The summed E-state index contributed by atoms with van der Waals surface area (Å²) in [7, 11) is -4.24. The molecule has 1 aromatic rings. The minimum atomic E-state index is -4.24. The van der Waals surface area contributed by atoms with Crippen molar-refractivity contribution in [2.45, 2.75) is 24.7 Å². The van der Waals surface area contributed by atoms with Crippen LogP contribution in [0, 0.1) is 0 Å². The van der Waals surface area contributed by atoms with Crippen LogP contribution in [0.2, 0.25) is 0 Å². The fourth-order valence-electron chi connectivity index (χ4n) is 1.53. The predicted molar refractivity (Wildman–Crippen MR) is 70.0 cm³/mol. The van der Waals surface area contributed by atoms with E-state index in [1.54, 1.807) is 0 Å². The maximum atomic E-state index is 11.6. The van der Waals surface area contributed by atoms with E-state index in [9.17, 15) is 18.0 Å². The van der Waals surface area contributed by atoms with Crippen molar-refractivity contribution < 1.29 is 80.2 Å². The van der Waals surface area contributed by atoms with E-state index in [0.29, 0.717) is 5.56 Å². The Balaban J connectivity index is 0. The molecule has 0 aliphatic heterocycles. The Labute approximate surface area is 166 Å². The number of Topliss-reactive ketones (excluding diaryl/α,β-unsaturated/α-hetero) is 2. The molecule has 7 nitrogen and oxygen atoms in total. The van der Waals surface area contributed by atoms with E-state index in [-0.39, 0.29) is 70.5 Å². The summed E-state index contributed by atoms with van der Waals surface area (Å²) in [5, 5.41) is 0. The molecule has 0 spiro atoms. The van der Waals surface area contributed by atoms with Gasteiger partial charge in [-0.25, -0.2) is 0 Å². The number of carbonyl (C=O) groups is 2. The van der Waals surface area contributed by atoms with Gasteiger partial charge in [-0.05, 0) is 24.1 Å². The van der Waals surface area contributed by atoms with Crippen molar-refractivity contribution in [1.29, 1.82) is 0 Å². The van der Waals surface area contributed by atoms with Crippen LogP contribution in [0.5, 0.6) is 0 Å². The quantitative estimate of drug-likeness (QED) is 0.158. The first-order valence-electron chi connectivity index (χ1n) is 5.58. The van der Waals surface area contributed by atoms with Gasteiger partial charge < -0.3 is 6.96 Å². The number of ketones is 2.